The van der Waals surface area contributed by atoms with Gasteiger partial charge in [0.15, 0.2) is 0 Å². The Hall–Kier alpha value is -0.760. The van der Waals surface area contributed by atoms with E-state index in [0.29, 0.717) is 16.6 Å². The van der Waals surface area contributed by atoms with Crippen LogP contribution in [0.15, 0.2) is 12.2 Å². The first-order valence-electron chi connectivity index (χ1n) is 6.02. The number of hydrogen-bond acceptors (Lipinski definition) is 5. The second-order valence-electron chi connectivity index (χ2n) is 5.33. The Bertz CT molecular complexity index is 387. The predicted octanol–water partition coefficient (Wildman–Crippen LogP) is 0.184. The number of hydrogen-bond donors (Lipinski definition) is 3. The van der Waals surface area contributed by atoms with Gasteiger partial charge in [0.1, 0.15) is 0 Å². The molecule has 0 aromatic heterocycles. The highest BCUT2D eigenvalue weighted by Crippen LogP contribution is 2.35. The van der Waals surface area contributed by atoms with Crippen LogP contribution in [0.2, 0.25) is 0 Å². The molecule has 1 atom stereocenters. The minimum Gasteiger partial charge on any atom is -0.462 e. The summed E-state index contributed by atoms with van der Waals surface area (Å²) in [5.74, 6) is -0.495. The number of esters is 1. The lowest BCUT2D eigenvalue weighted by atomic mass is 10.2. The van der Waals surface area contributed by atoms with Crippen LogP contribution in [0.5, 0.6) is 0 Å². The van der Waals surface area contributed by atoms with E-state index in [1.165, 1.54) is 0 Å². The van der Waals surface area contributed by atoms with Gasteiger partial charge in [0.05, 0.1) is 40.4 Å². The van der Waals surface area contributed by atoms with Crippen LogP contribution in [0.3, 0.4) is 0 Å². The van der Waals surface area contributed by atoms with Gasteiger partial charge in [-0.15, -0.1) is 0 Å². The Morgan fingerprint density at radius 3 is 2.35 bits per heavy atom. The van der Waals surface area contributed by atoms with Gasteiger partial charge in [-0.1, -0.05) is 6.58 Å². The monoisotopic (exact) mass is 311 g/mol. The summed E-state index contributed by atoms with van der Waals surface area (Å²) in [5.41, 5.74) is 3.39. The quantitative estimate of drug-likeness (QED) is 0.183. The van der Waals surface area contributed by atoms with Gasteiger partial charge < -0.3 is 14.5 Å². The summed E-state index contributed by atoms with van der Waals surface area (Å²) in [6.45, 7) is 4.92. The Morgan fingerprint density at radius 2 is 1.95 bits per heavy atom. The molecule has 1 unspecified atom stereocenters. The van der Waals surface area contributed by atoms with Crippen molar-refractivity contribution in [2.75, 3.05) is 34.4 Å². The number of carbonyl (C=O) groups is 1. The van der Waals surface area contributed by atoms with Crippen molar-refractivity contribution < 1.29 is 33.0 Å². The van der Waals surface area contributed by atoms with Crippen molar-refractivity contribution in [2.45, 2.75) is 19.4 Å². The molecule has 0 bridgehead atoms. The summed E-state index contributed by atoms with van der Waals surface area (Å²) >= 11 is 0. The van der Waals surface area contributed by atoms with Gasteiger partial charge in [-0.25, -0.2) is 9.36 Å². The smallest absolute Gasteiger partial charge is 0.462 e. The number of quaternary nitrogens is 1. The van der Waals surface area contributed by atoms with E-state index in [1.807, 2.05) is 21.1 Å². The summed E-state index contributed by atoms with van der Waals surface area (Å²) < 4.78 is 20.5. The first-order chi connectivity index (χ1) is 8.91. The second kappa shape index (κ2) is 7.87. The van der Waals surface area contributed by atoms with E-state index >= 15 is 0 Å². The topological polar surface area (TPSA) is 105 Å². The summed E-state index contributed by atoms with van der Waals surface area (Å²) in [7, 11) is 1.03. The molecule has 0 heterocycles. The van der Waals surface area contributed by atoms with Gasteiger partial charge >= 0.3 is 13.8 Å². The molecule has 0 aromatic carbocycles. The van der Waals surface area contributed by atoms with Crippen molar-refractivity contribution in [3.05, 3.63) is 12.2 Å². The maximum absolute atomic E-state index is 11.2. The average molecular weight is 311 g/mol. The summed E-state index contributed by atoms with van der Waals surface area (Å²) in [6, 6.07) is -0.374. The molecular weight excluding hydrogens is 287 g/mol. The molecule has 0 amide bonds. The van der Waals surface area contributed by atoms with E-state index in [1.54, 1.807) is 6.92 Å². The number of ether oxygens (including phenoxy) is 1. The Morgan fingerprint density at radius 1 is 1.40 bits per heavy atom. The lowest BCUT2D eigenvalue weighted by Crippen LogP contribution is -2.54. The summed E-state index contributed by atoms with van der Waals surface area (Å²) in [6.07, 6.45) is 0.356. The van der Waals surface area contributed by atoms with Crippen molar-refractivity contribution in [3.63, 3.8) is 0 Å². The number of rotatable bonds is 9. The fraction of sp³-hybridized carbons (Fsp3) is 0.727. The predicted molar refractivity (Wildman–Crippen MR) is 73.3 cm³/mol. The highest BCUT2D eigenvalue weighted by molar-refractivity contribution is 7.46. The molecule has 0 aliphatic rings. The van der Waals surface area contributed by atoms with Crippen LogP contribution < -0.4 is 5.43 Å². The Labute approximate surface area is 119 Å². The maximum Gasteiger partial charge on any atom is 0.469 e. The molecule has 3 N–H and O–H groups in total. The van der Waals surface area contributed by atoms with Crippen LogP contribution in [0.1, 0.15) is 13.3 Å². The number of carbonyl (C=O) groups excluding carboxylic acids is 1. The van der Waals surface area contributed by atoms with E-state index in [9.17, 15) is 9.36 Å². The Kier molecular flexibility index (Phi) is 7.57. The molecule has 0 rings (SSSR count). The van der Waals surface area contributed by atoms with E-state index < -0.39 is 13.8 Å². The van der Waals surface area contributed by atoms with Crippen LogP contribution in [0.4, 0.5) is 0 Å². The fourth-order valence-corrected chi connectivity index (χ4v) is 1.71. The van der Waals surface area contributed by atoms with Gasteiger partial charge in [0.2, 0.25) is 0 Å². The number of phosphoric ester groups is 1. The largest absolute Gasteiger partial charge is 0.469 e. The first kappa shape index (κ1) is 19.2. The minimum atomic E-state index is -4.52. The second-order valence-corrected chi connectivity index (χ2v) is 6.57. The Balaban J connectivity index is 4.35. The molecule has 118 valence electrons. The van der Waals surface area contributed by atoms with Crippen molar-refractivity contribution in [1.29, 1.82) is 0 Å². The van der Waals surface area contributed by atoms with Crippen molar-refractivity contribution >= 4 is 13.8 Å². The highest BCUT2D eigenvalue weighted by Gasteiger charge is 2.22. The number of nitrogens with one attached hydrogen (secondary N) is 1. The third kappa shape index (κ3) is 11.1. The third-order valence-corrected chi connectivity index (χ3v) is 2.55. The van der Waals surface area contributed by atoms with Crippen molar-refractivity contribution in [3.8, 4) is 0 Å². The van der Waals surface area contributed by atoms with E-state index in [-0.39, 0.29) is 19.3 Å². The molecule has 0 spiro atoms. The molecule has 0 fully saturated rings. The molecular formula is C11H24N2O6P+. The summed E-state index contributed by atoms with van der Waals surface area (Å²) in [4.78, 5) is 28.6. The summed E-state index contributed by atoms with van der Waals surface area (Å²) in [5, 5.41) is 0. The SMILES string of the molecule is C=C(C)C(=O)OCCC(COP(=O)(O)O)N[N+](C)(C)C. The molecule has 0 aliphatic heterocycles. The average Bonchev–Trinajstić information content (AvgIpc) is 2.22. The molecule has 20 heavy (non-hydrogen) atoms. The van der Waals surface area contributed by atoms with E-state index in [2.05, 4.69) is 16.5 Å². The van der Waals surface area contributed by atoms with Crippen molar-refractivity contribution in [1.82, 2.24) is 5.43 Å². The fourth-order valence-electron chi connectivity index (χ4n) is 1.34. The molecule has 0 saturated heterocycles. The van der Waals surface area contributed by atoms with Crippen LogP contribution in [-0.2, 0) is 18.6 Å². The lowest BCUT2D eigenvalue weighted by Gasteiger charge is -2.29. The maximum atomic E-state index is 11.2. The molecule has 0 radical (unpaired) electrons. The van der Waals surface area contributed by atoms with Crippen LogP contribution in [0.25, 0.3) is 0 Å². The van der Waals surface area contributed by atoms with Gasteiger partial charge in [-0.05, 0) is 6.92 Å². The first-order valence-corrected chi connectivity index (χ1v) is 7.56. The molecule has 0 aliphatic carbocycles. The normalized spacial score (nSPS) is 13.9. The van der Waals surface area contributed by atoms with Crippen LogP contribution in [0, 0.1) is 0 Å². The van der Waals surface area contributed by atoms with Gasteiger partial charge in [-0.2, -0.15) is 5.43 Å². The number of phosphoric acid groups is 1. The van der Waals surface area contributed by atoms with Gasteiger partial charge in [0, 0.05) is 12.0 Å². The minimum absolute atomic E-state index is 0.105. The molecule has 0 aromatic rings. The molecule has 8 nitrogen and oxygen atoms in total. The zero-order valence-electron chi connectivity index (χ0n) is 12.3. The van der Waals surface area contributed by atoms with Crippen molar-refractivity contribution in [2.24, 2.45) is 0 Å². The van der Waals surface area contributed by atoms with Gasteiger partial charge in [-0.3, -0.25) is 9.12 Å². The zero-order valence-corrected chi connectivity index (χ0v) is 13.2. The van der Waals surface area contributed by atoms with Gasteiger partial charge in [0.25, 0.3) is 0 Å². The standard InChI is InChI=1S/C11H23N2O6P/c1-9(2)11(14)18-7-6-10(12-13(3,4)5)8-19-20(15,16)17/h10,12H,1,6-8H2,2-5H3,(H-,15,16,17)/p+1. The van der Waals surface area contributed by atoms with Crippen LogP contribution in [-0.4, -0.2) is 60.7 Å². The van der Waals surface area contributed by atoms with E-state index in [4.69, 9.17) is 14.5 Å². The molecule has 0 saturated carbocycles. The number of nitrogens with zero attached hydrogens (tertiary/aromatic N) is 1. The highest BCUT2D eigenvalue weighted by atomic mass is 31.2. The third-order valence-electron chi connectivity index (χ3n) is 2.06. The molecule has 9 heteroatoms. The van der Waals surface area contributed by atoms with Crippen LogP contribution >= 0.6 is 7.82 Å². The van der Waals surface area contributed by atoms with E-state index in [0.717, 1.165) is 0 Å². The lowest BCUT2D eigenvalue weighted by molar-refractivity contribution is -0.918. The zero-order chi connectivity index (χ0) is 16.0.